The van der Waals surface area contributed by atoms with Crippen LogP contribution in [0, 0.1) is 0 Å². The molecule has 1 fully saturated rings. The van der Waals surface area contributed by atoms with Crippen LogP contribution in [0.4, 0.5) is 5.82 Å². The molecular weight excluding hydrogens is 264 g/mol. The SMILES string of the molecule is COc1cccc(-c2cc(N)no2)c1OC1CSC1. The van der Waals surface area contributed by atoms with E-state index in [9.17, 15) is 0 Å². The minimum atomic E-state index is 0.223. The molecule has 6 heteroatoms. The Morgan fingerprint density at radius 3 is 2.84 bits per heavy atom. The number of rotatable bonds is 4. The first-order valence-corrected chi connectivity index (χ1v) is 7.07. The van der Waals surface area contributed by atoms with E-state index in [1.54, 1.807) is 13.2 Å². The molecule has 1 aliphatic rings. The molecule has 0 bridgehead atoms. The Bertz CT molecular complexity index is 581. The first kappa shape index (κ1) is 12.2. The zero-order valence-electron chi connectivity index (χ0n) is 10.5. The molecule has 1 saturated heterocycles. The van der Waals surface area contributed by atoms with Gasteiger partial charge in [-0.15, -0.1) is 0 Å². The average molecular weight is 278 g/mol. The summed E-state index contributed by atoms with van der Waals surface area (Å²) in [7, 11) is 1.62. The molecular formula is C13H14N2O3S. The fourth-order valence-corrected chi connectivity index (χ4v) is 2.42. The summed E-state index contributed by atoms with van der Waals surface area (Å²) in [6, 6.07) is 7.33. The average Bonchev–Trinajstić information content (AvgIpc) is 2.80. The number of nitrogen functional groups attached to an aromatic ring is 1. The molecule has 19 heavy (non-hydrogen) atoms. The van der Waals surface area contributed by atoms with Crippen LogP contribution in [0.25, 0.3) is 11.3 Å². The lowest BCUT2D eigenvalue weighted by molar-refractivity contribution is 0.229. The number of benzene rings is 1. The number of anilines is 1. The monoisotopic (exact) mass is 278 g/mol. The number of methoxy groups -OCH3 is 1. The number of aromatic nitrogens is 1. The van der Waals surface area contributed by atoms with Gasteiger partial charge in [-0.05, 0) is 12.1 Å². The summed E-state index contributed by atoms with van der Waals surface area (Å²) in [6.07, 6.45) is 0.223. The standard InChI is InChI=1S/C13H14N2O3S/c1-16-10-4-2-3-9(11-5-12(14)15-18-11)13(10)17-8-6-19-7-8/h2-5,8H,6-7H2,1H3,(H2,14,15). The van der Waals surface area contributed by atoms with Crippen LogP contribution in [0.5, 0.6) is 11.5 Å². The largest absolute Gasteiger partial charge is 0.493 e. The third-order valence-electron chi connectivity index (χ3n) is 2.88. The van der Waals surface area contributed by atoms with Gasteiger partial charge in [-0.1, -0.05) is 11.2 Å². The molecule has 5 nitrogen and oxygen atoms in total. The maximum Gasteiger partial charge on any atom is 0.172 e. The van der Waals surface area contributed by atoms with E-state index in [4.69, 9.17) is 19.7 Å². The maximum absolute atomic E-state index is 5.99. The highest BCUT2D eigenvalue weighted by Gasteiger charge is 2.24. The Morgan fingerprint density at radius 2 is 2.26 bits per heavy atom. The van der Waals surface area contributed by atoms with Crippen LogP contribution < -0.4 is 15.2 Å². The van der Waals surface area contributed by atoms with Crippen LogP contribution in [0.1, 0.15) is 0 Å². The maximum atomic E-state index is 5.99. The predicted molar refractivity (Wildman–Crippen MR) is 74.6 cm³/mol. The highest BCUT2D eigenvalue weighted by atomic mass is 32.2. The summed E-state index contributed by atoms with van der Waals surface area (Å²) >= 11 is 1.86. The van der Waals surface area contributed by atoms with Crippen molar-refractivity contribution < 1.29 is 14.0 Å². The molecule has 0 spiro atoms. The van der Waals surface area contributed by atoms with E-state index in [0.717, 1.165) is 17.1 Å². The molecule has 2 aromatic rings. The van der Waals surface area contributed by atoms with Crippen molar-refractivity contribution in [1.29, 1.82) is 0 Å². The fraction of sp³-hybridized carbons (Fsp3) is 0.308. The second-order valence-electron chi connectivity index (χ2n) is 4.23. The molecule has 0 radical (unpaired) electrons. The van der Waals surface area contributed by atoms with E-state index in [1.165, 1.54) is 0 Å². The Morgan fingerprint density at radius 1 is 1.42 bits per heavy atom. The molecule has 2 heterocycles. The number of ether oxygens (including phenoxy) is 2. The Labute approximate surface area is 115 Å². The summed E-state index contributed by atoms with van der Waals surface area (Å²) in [5.41, 5.74) is 6.40. The van der Waals surface area contributed by atoms with Crippen LogP contribution in [-0.4, -0.2) is 29.9 Å². The summed E-state index contributed by atoms with van der Waals surface area (Å²) in [5, 5.41) is 3.71. The lowest BCUT2D eigenvalue weighted by Crippen LogP contribution is -2.31. The van der Waals surface area contributed by atoms with E-state index in [1.807, 2.05) is 30.0 Å². The molecule has 0 amide bonds. The highest BCUT2D eigenvalue weighted by molar-refractivity contribution is 8.00. The normalized spacial score (nSPS) is 15.0. The molecule has 0 aliphatic carbocycles. The molecule has 2 N–H and O–H groups in total. The molecule has 1 aromatic carbocycles. The number of nitrogens with zero attached hydrogens (tertiary/aromatic N) is 1. The van der Waals surface area contributed by atoms with Crippen molar-refractivity contribution in [3.63, 3.8) is 0 Å². The first-order valence-electron chi connectivity index (χ1n) is 5.92. The summed E-state index contributed by atoms with van der Waals surface area (Å²) in [6.45, 7) is 0. The van der Waals surface area contributed by atoms with Gasteiger partial charge in [0.05, 0.1) is 12.7 Å². The number of hydrogen-bond acceptors (Lipinski definition) is 6. The lowest BCUT2D eigenvalue weighted by Gasteiger charge is -2.27. The van der Waals surface area contributed by atoms with Crippen molar-refractivity contribution in [3.05, 3.63) is 24.3 Å². The zero-order valence-corrected chi connectivity index (χ0v) is 11.3. The van der Waals surface area contributed by atoms with Gasteiger partial charge in [0, 0.05) is 17.6 Å². The predicted octanol–water partition coefficient (Wildman–Crippen LogP) is 2.43. The molecule has 100 valence electrons. The van der Waals surface area contributed by atoms with Crippen LogP contribution in [-0.2, 0) is 0 Å². The van der Waals surface area contributed by atoms with Gasteiger partial charge in [0.25, 0.3) is 0 Å². The zero-order chi connectivity index (χ0) is 13.2. The second-order valence-corrected chi connectivity index (χ2v) is 5.31. The van der Waals surface area contributed by atoms with Crippen molar-refractivity contribution in [2.45, 2.75) is 6.10 Å². The van der Waals surface area contributed by atoms with Gasteiger partial charge >= 0.3 is 0 Å². The number of hydrogen-bond donors (Lipinski definition) is 1. The van der Waals surface area contributed by atoms with Crippen LogP contribution >= 0.6 is 11.8 Å². The van der Waals surface area contributed by atoms with Crippen molar-refractivity contribution in [2.75, 3.05) is 24.3 Å². The van der Waals surface area contributed by atoms with Crippen molar-refractivity contribution >= 4 is 17.6 Å². The highest BCUT2D eigenvalue weighted by Crippen LogP contribution is 2.40. The Balaban J connectivity index is 2.01. The Hall–Kier alpha value is -1.82. The smallest absolute Gasteiger partial charge is 0.172 e. The fourth-order valence-electron chi connectivity index (χ4n) is 1.86. The van der Waals surface area contributed by atoms with Crippen LogP contribution in [0.2, 0.25) is 0 Å². The van der Waals surface area contributed by atoms with Crippen LogP contribution in [0.15, 0.2) is 28.8 Å². The molecule has 1 aromatic heterocycles. The Kier molecular flexibility index (Phi) is 3.25. The second kappa shape index (κ2) is 5.05. The van der Waals surface area contributed by atoms with Gasteiger partial charge < -0.3 is 19.7 Å². The van der Waals surface area contributed by atoms with Gasteiger partial charge in [0.2, 0.25) is 0 Å². The topological polar surface area (TPSA) is 70.5 Å². The van der Waals surface area contributed by atoms with E-state index in [-0.39, 0.29) is 6.10 Å². The lowest BCUT2D eigenvalue weighted by atomic mass is 10.1. The minimum absolute atomic E-state index is 0.223. The molecule has 0 saturated carbocycles. The minimum Gasteiger partial charge on any atom is -0.493 e. The first-order chi connectivity index (χ1) is 9.28. The number of para-hydroxylation sites is 1. The van der Waals surface area contributed by atoms with Crippen LogP contribution in [0.3, 0.4) is 0 Å². The van der Waals surface area contributed by atoms with E-state index < -0.39 is 0 Å². The molecule has 3 rings (SSSR count). The third kappa shape index (κ3) is 2.35. The number of nitrogens with two attached hydrogens (primary N) is 1. The molecule has 1 aliphatic heterocycles. The number of thioether (sulfide) groups is 1. The van der Waals surface area contributed by atoms with Crippen molar-refractivity contribution in [2.24, 2.45) is 0 Å². The van der Waals surface area contributed by atoms with Gasteiger partial charge in [0.1, 0.15) is 6.10 Å². The molecule has 0 atom stereocenters. The quantitative estimate of drug-likeness (QED) is 0.926. The summed E-state index contributed by atoms with van der Waals surface area (Å²) in [5.74, 6) is 4.30. The third-order valence-corrected chi connectivity index (χ3v) is 4.10. The van der Waals surface area contributed by atoms with Gasteiger partial charge in [-0.25, -0.2) is 0 Å². The van der Waals surface area contributed by atoms with E-state index >= 15 is 0 Å². The van der Waals surface area contributed by atoms with Crippen molar-refractivity contribution in [3.8, 4) is 22.8 Å². The summed E-state index contributed by atoms with van der Waals surface area (Å²) in [4.78, 5) is 0. The van der Waals surface area contributed by atoms with Gasteiger partial charge in [-0.2, -0.15) is 11.8 Å². The van der Waals surface area contributed by atoms with Crippen molar-refractivity contribution in [1.82, 2.24) is 5.16 Å². The van der Waals surface area contributed by atoms with Gasteiger partial charge in [-0.3, -0.25) is 0 Å². The van der Waals surface area contributed by atoms with Gasteiger partial charge in [0.15, 0.2) is 23.1 Å². The van der Waals surface area contributed by atoms with E-state index in [2.05, 4.69) is 5.16 Å². The summed E-state index contributed by atoms with van der Waals surface area (Å²) < 4.78 is 16.6. The molecule has 0 unspecified atom stereocenters. The van der Waals surface area contributed by atoms with E-state index in [0.29, 0.717) is 23.1 Å².